The summed E-state index contributed by atoms with van der Waals surface area (Å²) in [5.74, 6) is -0.481. The summed E-state index contributed by atoms with van der Waals surface area (Å²) in [5, 5.41) is 0. The van der Waals surface area contributed by atoms with Crippen LogP contribution in [0.3, 0.4) is 0 Å². The van der Waals surface area contributed by atoms with Crippen molar-refractivity contribution in [2.45, 2.75) is 0 Å². The summed E-state index contributed by atoms with van der Waals surface area (Å²) in [6.45, 7) is 3.09. The van der Waals surface area contributed by atoms with Gasteiger partial charge >= 0.3 is 10.4 Å². The van der Waals surface area contributed by atoms with E-state index in [2.05, 4.69) is 12.3 Å². The van der Waals surface area contributed by atoms with Crippen molar-refractivity contribution < 1.29 is 22.3 Å². The fourth-order valence-electron chi connectivity index (χ4n) is 0. The van der Waals surface area contributed by atoms with E-state index < -0.39 is 16.3 Å². The van der Waals surface area contributed by atoms with Crippen molar-refractivity contribution >= 4 is 16.3 Å². The van der Waals surface area contributed by atoms with Crippen LogP contribution in [0.15, 0.2) is 12.7 Å². The van der Waals surface area contributed by atoms with Gasteiger partial charge in [0.1, 0.15) is 0 Å². The molecule has 0 rings (SSSR count). The minimum atomic E-state index is -4.67. The van der Waals surface area contributed by atoms with Crippen LogP contribution in [0.2, 0.25) is 0 Å². The minimum Gasteiger partial charge on any atom is -0.366 e. The topological polar surface area (TPSA) is 153 Å². The molecule has 68 valence electrons. The summed E-state index contributed by atoms with van der Waals surface area (Å²) < 4.78 is 31.6. The number of nitrogens with two attached hydrogens (primary N) is 1. The van der Waals surface area contributed by atoms with Crippen molar-refractivity contribution in [3.05, 3.63) is 12.7 Å². The van der Waals surface area contributed by atoms with Crippen LogP contribution < -0.4 is 11.9 Å². The highest BCUT2D eigenvalue weighted by Crippen LogP contribution is 1.59. The number of primary amides is 1. The summed E-state index contributed by atoms with van der Waals surface area (Å²) in [4.78, 5) is 9.47. The zero-order chi connectivity index (χ0) is 8.78. The summed E-state index contributed by atoms with van der Waals surface area (Å²) in [5.41, 5.74) is 4.53. The Morgan fingerprint density at radius 2 is 1.55 bits per heavy atom. The Hall–Kier alpha value is -0.960. The van der Waals surface area contributed by atoms with Gasteiger partial charge in [-0.15, -0.1) is 0 Å². The second-order valence-corrected chi connectivity index (χ2v) is 1.95. The highest BCUT2D eigenvalue weighted by Gasteiger charge is 1.84. The van der Waals surface area contributed by atoms with Crippen LogP contribution in [0.4, 0.5) is 0 Å². The standard InChI is InChI=1S/C3H5NO.H3N.H2O4S/c1-2-3(4)5;;1-5(2,3)4/h2H,1H2,(H2,4,5);1H3;(H2,1,2,3,4). The van der Waals surface area contributed by atoms with Crippen molar-refractivity contribution in [2.75, 3.05) is 0 Å². The van der Waals surface area contributed by atoms with Crippen LogP contribution >= 0.6 is 0 Å². The summed E-state index contributed by atoms with van der Waals surface area (Å²) >= 11 is 0. The zero-order valence-electron chi connectivity index (χ0n) is 5.60. The molecule has 0 spiro atoms. The maximum absolute atomic E-state index is 9.47. The van der Waals surface area contributed by atoms with Gasteiger partial charge in [0.15, 0.2) is 0 Å². The average Bonchev–Trinajstić information content (AvgIpc) is 1.61. The Morgan fingerprint density at radius 1 is 1.45 bits per heavy atom. The maximum Gasteiger partial charge on any atom is 0.394 e. The van der Waals surface area contributed by atoms with E-state index in [0.717, 1.165) is 6.08 Å². The molecule has 8 heteroatoms. The fourth-order valence-corrected chi connectivity index (χ4v) is 0. The van der Waals surface area contributed by atoms with E-state index in [9.17, 15) is 4.79 Å². The lowest BCUT2D eigenvalue weighted by Crippen LogP contribution is -2.04. The van der Waals surface area contributed by atoms with Crippen LogP contribution in [0.25, 0.3) is 0 Å². The quantitative estimate of drug-likeness (QED) is 0.309. The van der Waals surface area contributed by atoms with Gasteiger partial charge < -0.3 is 11.9 Å². The molecule has 0 aromatic carbocycles. The van der Waals surface area contributed by atoms with Gasteiger partial charge in [-0.05, 0) is 6.08 Å². The molecule has 0 heterocycles. The number of rotatable bonds is 1. The van der Waals surface area contributed by atoms with Crippen molar-refractivity contribution in [3.8, 4) is 0 Å². The number of amides is 1. The van der Waals surface area contributed by atoms with Crippen LogP contribution in [-0.2, 0) is 15.2 Å². The molecule has 0 aliphatic carbocycles. The van der Waals surface area contributed by atoms with Crippen molar-refractivity contribution in [2.24, 2.45) is 5.73 Å². The van der Waals surface area contributed by atoms with Crippen molar-refractivity contribution in [1.29, 1.82) is 0 Å². The van der Waals surface area contributed by atoms with E-state index in [1.54, 1.807) is 0 Å². The predicted octanol–water partition coefficient (Wildman–Crippen LogP) is -0.833. The van der Waals surface area contributed by atoms with E-state index in [-0.39, 0.29) is 6.15 Å². The molecule has 0 aromatic rings. The molecule has 0 fully saturated rings. The first-order valence-corrected chi connectivity index (χ1v) is 3.29. The SMILES string of the molecule is C=CC(N)=O.N.O=S(=O)(O)O. The Bertz CT molecular complexity index is 200. The van der Waals surface area contributed by atoms with Crippen LogP contribution in [0.5, 0.6) is 0 Å². The molecule has 0 aromatic heterocycles. The molecule has 0 unspecified atom stereocenters. The molecule has 0 saturated carbocycles. The number of hydrogen-bond acceptors (Lipinski definition) is 4. The second-order valence-electron chi connectivity index (χ2n) is 1.05. The molecule has 0 atom stereocenters. The highest BCUT2D eigenvalue weighted by molar-refractivity contribution is 7.79. The molecule has 7 N–H and O–H groups in total. The average molecular weight is 186 g/mol. The summed E-state index contributed by atoms with van der Waals surface area (Å²) in [7, 11) is -4.67. The first-order chi connectivity index (χ1) is 4.27. The van der Waals surface area contributed by atoms with E-state index in [0.29, 0.717) is 0 Å². The third-order valence-electron chi connectivity index (χ3n) is 0.201. The molecular formula is C3H10N2O5S. The molecule has 1 amide bonds. The van der Waals surface area contributed by atoms with Gasteiger partial charge in [0.2, 0.25) is 5.91 Å². The molecule has 11 heavy (non-hydrogen) atoms. The van der Waals surface area contributed by atoms with Gasteiger partial charge in [-0.1, -0.05) is 6.58 Å². The van der Waals surface area contributed by atoms with E-state index >= 15 is 0 Å². The Balaban J connectivity index is -0.000000107. The normalized spacial score (nSPS) is 8.18. The molecule has 0 bridgehead atoms. The van der Waals surface area contributed by atoms with Gasteiger partial charge in [-0.25, -0.2) is 0 Å². The lowest BCUT2D eigenvalue weighted by atomic mass is 10.6. The molecular weight excluding hydrogens is 176 g/mol. The van der Waals surface area contributed by atoms with Gasteiger partial charge in [-0.2, -0.15) is 8.42 Å². The van der Waals surface area contributed by atoms with Gasteiger partial charge in [0.05, 0.1) is 0 Å². The van der Waals surface area contributed by atoms with Crippen LogP contribution in [0.1, 0.15) is 0 Å². The third kappa shape index (κ3) is 414. The monoisotopic (exact) mass is 186 g/mol. The van der Waals surface area contributed by atoms with Crippen molar-refractivity contribution in [3.63, 3.8) is 0 Å². The Kier molecular flexibility index (Phi) is 10.8. The third-order valence-corrected chi connectivity index (χ3v) is 0.201. The smallest absolute Gasteiger partial charge is 0.366 e. The number of carbonyl (C=O) groups excluding carboxylic acids is 1. The van der Waals surface area contributed by atoms with Crippen LogP contribution in [-0.4, -0.2) is 23.4 Å². The fraction of sp³-hybridized carbons (Fsp3) is 0. The lowest BCUT2D eigenvalue weighted by Gasteiger charge is -1.68. The first kappa shape index (κ1) is 16.6. The molecule has 0 saturated heterocycles. The second kappa shape index (κ2) is 7.15. The largest absolute Gasteiger partial charge is 0.394 e. The lowest BCUT2D eigenvalue weighted by molar-refractivity contribution is -0.113. The van der Waals surface area contributed by atoms with E-state index in [1.165, 1.54) is 0 Å². The number of carbonyl (C=O) groups is 1. The maximum atomic E-state index is 9.47. The zero-order valence-corrected chi connectivity index (χ0v) is 6.41. The van der Waals surface area contributed by atoms with Gasteiger partial charge in [0.25, 0.3) is 0 Å². The predicted molar refractivity (Wildman–Crippen MR) is 38.6 cm³/mol. The first-order valence-electron chi connectivity index (χ1n) is 1.89. The van der Waals surface area contributed by atoms with Crippen molar-refractivity contribution in [1.82, 2.24) is 6.15 Å². The summed E-state index contributed by atoms with van der Waals surface area (Å²) in [6, 6.07) is 0. The summed E-state index contributed by atoms with van der Waals surface area (Å²) in [6.07, 6.45) is 1.06. The molecule has 0 aliphatic rings. The highest BCUT2D eigenvalue weighted by atomic mass is 32.3. The number of hydrogen-bond donors (Lipinski definition) is 4. The minimum absolute atomic E-state index is 0. The molecule has 0 radical (unpaired) electrons. The molecule has 7 nitrogen and oxygen atoms in total. The van der Waals surface area contributed by atoms with Crippen LogP contribution in [0, 0.1) is 0 Å². The van der Waals surface area contributed by atoms with Gasteiger partial charge in [-0.3, -0.25) is 13.9 Å². The molecule has 0 aliphatic heterocycles. The van der Waals surface area contributed by atoms with E-state index in [1.807, 2.05) is 0 Å². The Morgan fingerprint density at radius 3 is 1.55 bits per heavy atom. The Labute approximate surface area is 64.1 Å². The van der Waals surface area contributed by atoms with E-state index in [4.69, 9.17) is 17.5 Å². The van der Waals surface area contributed by atoms with Gasteiger partial charge in [0, 0.05) is 0 Å².